The fourth-order valence-electron chi connectivity index (χ4n) is 2.72. The number of nitro groups is 1. The van der Waals surface area contributed by atoms with Gasteiger partial charge in [0.05, 0.1) is 4.92 Å². The lowest BCUT2D eigenvalue weighted by atomic mass is 10.1. The van der Waals surface area contributed by atoms with Crippen LogP contribution in [0.4, 0.5) is 14.5 Å². The normalized spacial score (nSPS) is 17.4. The lowest BCUT2D eigenvalue weighted by molar-refractivity contribution is -0.384. The molecular weight excluding hydrogens is 328 g/mol. The van der Waals surface area contributed by atoms with Crippen LogP contribution in [0, 0.1) is 21.7 Å². The Labute approximate surface area is 142 Å². The van der Waals surface area contributed by atoms with Gasteiger partial charge in [0.25, 0.3) is 5.69 Å². The minimum Gasteiger partial charge on any atom is -0.289 e. The molecule has 126 valence electrons. The maximum absolute atomic E-state index is 13.7. The molecule has 0 amide bonds. The highest BCUT2D eigenvalue weighted by molar-refractivity contribution is 6.15. The predicted octanol–water partition coefficient (Wildman–Crippen LogP) is 4.70. The lowest BCUT2D eigenvalue weighted by Gasteiger charge is -2.00. The quantitative estimate of drug-likeness (QED) is 0.462. The summed E-state index contributed by atoms with van der Waals surface area (Å²) in [6.45, 7) is 0. The molecule has 3 rings (SSSR count). The molecule has 1 aliphatic rings. The first kappa shape index (κ1) is 16.7. The summed E-state index contributed by atoms with van der Waals surface area (Å²) in [5, 5.41) is 10.8. The Morgan fingerprint density at radius 3 is 2.44 bits per heavy atom. The van der Waals surface area contributed by atoms with Crippen molar-refractivity contribution in [2.75, 3.05) is 0 Å². The molecule has 0 bridgehead atoms. The topological polar surface area (TPSA) is 60.2 Å². The molecule has 2 aromatic rings. The molecule has 0 atom stereocenters. The van der Waals surface area contributed by atoms with Gasteiger partial charge >= 0.3 is 0 Å². The Morgan fingerprint density at radius 1 is 1.00 bits per heavy atom. The number of hydrogen-bond donors (Lipinski definition) is 0. The summed E-state index contributed by atoms with van der Waals surface area (Å²) in [6, 6.07) is 9.04. The predicted molar refractivity (Wildman–Crippen MR) is 89.6 cm³/mol. The number of ketones is 1. The first-order valence-corrected chi connectivity index (χ1v) is 7.59. The van der Waals surface area contributed by atoms with Crippen LogP contribution in [0.2, 0.25) is 0 Å². The van der Waals surface area contributed by atoms with E-state index in [9.17, 15) is 23.7 Å². The SMILES string of the molecule is O=C1C(=Cc2cccc([N+](=O)[O-])c2)CCC1=Cc1cc(F)ccc1F. The van der Waals surface area contributed by atoms with Crippen molar-refractivity contribution < 1.29 is 18.5 Å². The molecule has 6 heteroatoms. The number of benzene rings is 2. The van der Waals surface area contributed by atoms with Crippen LogP contribution in [-0.2, 0) is 4.79 Å². The van der Waals surface area contributed by atoms with Crippen LogP contribution in [0.5, 0.6) is 0 Å². The van der Waals surface area contributed by atoms with E-state index in [0.29, 0.717) is 29.6 Å². The summed E-state index contributed by atoms with van der Waals surface area (Å²) >= 11 is 0. The van der Waals surface area contributed by atoms with Gasteiger partial charge in [-0.3, -0.25) is 14.9 Å². The van der Waals surface area contributed by atoms with Gasteiger partial charge in [-0.1, -0.05) is 12.1 Å². The maximum Gasteiger partial charge on any atom is 0.270 e. The molecule has 1 aliphatic carbocycles. The second-order valence-electron chi connectivity index (χ2n) is 5.69. The Hall–Kier alpha value is -3.15. The van der Waals surface area contributed by atoms with Crippen LogP contribution in [0.3, 0.4) is 0 Å². The van der Waals surface area contributed by atoms with Crippen molar-refractivity contribution in [2.45, 2.75) is 12.8 Å². The lowest BCUT2D eigenvalue weighted by Crippen LogP contribution is -1.96. The van der Waals surface area contributed by atoms with E-state index in [-0.39, 0.29) is 17.0 Å². The van der Waals surface area contributed by atoms with E-state index in [2.05, 4.69) is 0 Å². The zero-order chi connectivity index (χ0) is 18.0. The monoisotopic (exact) mass is 341 g/mol. The number of hydrogen-bond acceptors (Lipinski definition) is 3. The molecule has 0 saturated heterocycles. The van der Waals surface area contributed by atoms with E-state index in [0.717, 1.165) is 18.2 Å². The van der Waals surface area contributed by atoms with Crippen molar-refractivity contribution in [2.24, 2.45) is 0 Å². The number of Topliss-reactive ketones (excluding diaryl/α,β-unsaturated/α-hetero) is 1. The van der Waals surface area contributed by atoms with Gasteiger partial charge in [0.2, 0.25) is 0 Å². The number of halogens is 2. The standard InChI is InChI=1S/C19H13F2NO3/c20-16-6-7-18(21)15(11-16)10-14-5-4-13(19(14)23)8-12-2-1-3-17(9-12)22(24)25/h1-3,6-11H,4-5H2. The Bertz CT molecular complexity index is 932. The molecule has 25 heavy (non-hydrogen) atoms. The third-order valence-electron chi connectivity index (χ3n) is 3.96. The fourth-order valence-corrected chi connectivity index (χ4v) is 2.72. The molecule has 0 N–H and O–H groups in total. The zero-order valence-corrected chi connectivity index (χ0v) is 13.0. The second kappa shape index (κ2) is 6.76. The molecule has 0 aromatic heterocycles. The van der Waals surface area contributed by atoms with Crippen LogP contribution < -0.4 is 0 Å². The van der Waals surface area contributed by atoms with Crippen LogP contribution in [-0.4, -0.2) is 10.7 Å². The van der Waals surface area contributed by atoms with Crippen molar-refractivity contribution in [1.82, 2.24) is 0 Å². The highest BCUT2D eigenvalue weighted by Gasteiger charge is 2.23. The van der Waals surface area contributed by atoms with E-state index >= 15 is 0 Å². The minimum atomic E-state index is -0.599. The number of carbonyl (C=O) groups is 1. The Balaban J connectivity index is 1.89. The third kappa shape index (κ3) is 3.68. The van der Waals surface area contributed by atoms with Gasteiger partial charge in [-0.15, -0.1) is 0 Å². The summed E-state index contributed by atoms with van der Waals surface area (Å²) in [7, 11) is 0. The number of non-ortho nitro benzene ring substituents is 1. The molecule has 0 spiro atoms. The summed E-state index contributed by atoms with van der Waals surface area (Å²) in [6.07, 6.45) is 3.81. The summed E-state index contributed by atoms with van der Waals surface area (Å²) in [4.78, 5) is 22.8. The molecule has 2 aromatic carbocycles. The zero-order valence-electron chi connectivity index (χ0n) is 13.0. The Kier molecular flexibility index (Phi) is 4.52. The van der Waals surface area contributed by atoms with E-state index in [1.807, 2.05) is 0 Å². The van der Waals surface area contributed by atoms with Gasteiger partial charge in [0.15, 0.2) is 5.78 Å². The third-order valence-corrected chi connectivity index (χ3v) is 3.96. The largest absolute Gasteiger partial charge is 0.289 e. The molecule has 0 unspecified atom stereocenters. The first-order valence-electron chi connectivity index (χ1n) is 7.59. The van der Waals surface area contributed by atoms with Gasteiger partial charge < -0.3 is 0 Å². The maximum atomic E-state index is 13.7. The molecule has 4 nitrogen and oxygen atoms in total. The van der Waals surface area contributed by atoms with Gasteiger partial charge in [0.1, 0.15) is 11.6 Å². The minimum absolute atomic E-state index is 0.0277. The summed E-state index contributed by atoms with van der Waals surface area (Å²) in [5.74, 6) is -1.43. The molecule has 0 aliphatic heterocycles. The molecule has 1 fully saturated rings. The van der Waals surface area contributed by atoms with Crippen LogP contribution in [0.25, 0.3) is 12.2 Å². The summed E-state index contributed by atoms with van der Waals surface area (Å²) < 4.78 is 27.0. The highest BCUT2D eigenvalue weighted by Crippen LogP contribution is 2.30. The number of rotatable bonds is 3. The van der Waals surface area contributed by atoms with Gasteiger partial charge in [-0.05, 0) is 48.8 Å². The average Bonchev–Trinajstić information content (AvgIpc) is 2.92. The highest BCUT2D eigenvalue weighted by atomic mass is 19.1. The first-order chi connectivity index (χ1) is 11.9. The van der Waals surface area contributed by atoms with E-state index < -0.39 is 16.6 Å². The Morgan fingerprint density at radius 2 is 1.72 bits per heavy atom. The molecular formula is C19H13F2NO3. The second-order valence-corrected chi connectivity index (χ2v) is 5.69. The van der Waals surface area contributed by atoms with E-state index in [4.69, 9.17) is 0 Å². The van der Waals surface area contributed by atoms with Gasteiger partial charge in [-0.2, -0.15) is 0 Å². The number of carbonyl (C=O) groups excluding carboxylic acids is 1. The number of nitro benzene ring substituents is 1. The van der Waals surface area contributed by atoms with Crippen LogP contribution in [0.1, 0.15) is 24.0 Å². The van der Waals surface area contributed by atoms with Crippen molar-refractivity contribution in [3.63, 3.8) is 0 Å². The van der Waals surface area contributed by atoms with Crippen LogP contribution in [0.15, 0.2) is 53.6 Å². The van der Waals surface area contributed by atoms with Crippen molar-refractivity contribution in [3.8, 4) is 0 Å². The van der Waals surface area contributed by atoms with Crippen molar-refractivity contribution in [3.05, 3.63) is 86.5 Å². The smallest absolute Gasteiger partial charge is 0.270 e. The van der Waals surface area contributed by atoms with Gasteiger partial charge in [0, 0.05) is 28.8 Å². The van der Waals surface area contributed by atoms with Crippen molar-refractivity contribution in [1.29, 1.82) is 0 Å². The molecule has 1 saturated carbocycles. The van der Waals surface area contributed by atoms with Crippen molar-refractivity contribution >= 4 is 23.6 Å². The average molecular weight is 341 g/mol. The molecule has 0 heterocycles. The molecule has 0 radical (unpaired) electrons. The fraction of sp³-hybridized carbons (Fsp3) is 0.105. The number of nitrogens with zero attached hydrogens (tertiary/aromatic N) is 1. The van der Waals surface area contributed by atoms with Gasteiger partial charge in [-0.25, -0.2) is 8.78 Å². The van der Waals surface area contributed by atoms with Crippen LogP contribution >= 0.6 is 0 Å². The number of allylic oxidation sites excluding steroid dienone is 2. The summed E-state index contributed by atoms with van der Waals surface area (Å²) in [5.41, 5.74) is 1.40. The van der Waals surface area contributed by atoms with E-state index in [1.54, 1.807) is 18.2 Å². The van der Waals surface area contributed by atoms with E-state index in [1.165, 1.54) is 18.2 Å².